The lowest BCUT2D eigenvalue weighted by molar-refractivity contribution is 0.445. The number of benzene rings is 9. The van der Waals surface area contributed by atoms with Gasteiger partial charge in [-0.3, -0.25) is 0 Å². The van der Waals surface area contributed by atoms with Crippen molar-refractivity contribution in [3.8, 4) is 33.4 Å². The Balaban J connectivity index is 1.10. The molecule has 2 aliphatic carbocycles. The second kappa shape index (κ2) is 16.6. The first kappa shape index (κ1) is 39.2. The van der Waals surface area contributed by atoms with Gasteiger partial charge in [0.2, 0.25) is 0 Å². The van der Waals surface area contributed by atoms with Crippen LogP contribution >= 0.6 is 0 Å². The predicted octanol–water partition coefficient (Wildman–Crippen LogP) is 17.8. The van der Waals surface area contributed by atoms with E-state index in [1.807, 2.05) is 0 Å². The van der Waals surface area contributed by atoms with E-state index >= 15 is 0 Å². The summed E-state index contributed by atoms with van der Waals surface area (Å²) >= 11 is 0. The van der Waals surface area contributed by atoms with E-state index in [0.717, 1.165) is 39.6 Å². The largest absolute Gasteiger partial charge is 0.456 e. The van der Waals surface area contributed by atoms with E-state index in [4.69, 9.17) is 4.42 Å². The molecule has 1 saturated carbocycles. The maximum atomic E-state index is 6.43. The first-order chi connectivity index (χ1) is 32.2. The fraction of sp³-hybridized carbons (Fsp3) is 0.143. The topological polar surface area (TPSA) is 16.4 Å². The van der Waals surface area contributed by atoms with E-state index in [1.165, 1.54) is 109 Å². The number of nitrogens with zero attached hydrogens (tertiary/aromatic N) is 1. The molecule has 65 heavy (non-hydrogen) atoms. The number of para-hydroxylation sites is 2. The minimum Gasteiger partial charge on any atom is -0.456 e. The van der Waals surface area contributed by atoms with E-state index in [0.29, 0.717) is 5.92 Å². The van der Waals surface area contributed by atoms with Crippen molar-refractivity contribution in [2.45, 2.75) is 57.4 Å². The van der Waals surface area contributed by atoms with Crippen molar-refractivity contribution >= 4 is 60.4 Å². The number of aryl methyl sites for hydroxylation is 1. The molecule has 12 rings (SSSR count). The maximum absolute atomic E-state index is 6.43. The summed E-state index contributed by atoms with van der Waals surface area (Å²) in [4.78, 5) is 2.67. The number of furan rings is 1. The first-order valence-corrected chi connectivity index (χ1v) is 23.6. The molecule has 0 amide bonds. The van der Waals surface area contributed by atoms with Crippen molar-refractivity contribution in [1.82, 2.24) is 0 Å². The summed E-state index contributed by atoms with van der Waals surface area (Å²) in [6, 6.07) is 69.7. The maximum Gasteiger partial charge on any atom is 0.136 e. The van der Waals surface area contributed by atoms with Crippen molar-refractivity contribution in [2.75, 3.05) is 4.90 Å². The predicted molar refractivity (Wildman–Crippen MR) is 276 cm³/mol. The Hall–Kier alpha value is -7.42. The minimum absolute atomic E-state index is 0.00253. The Morgan fingerprint density at radius 2 is 1.17 bits per heavy atom. The zero-order valence-electron chi connectivity index (χ0n) is 36.9. The van der Waals surface area contributed by atoms with E-state index in [9.17, 15) is 0 Å². The van der Waals surface area contributed by atoms with Crippen LogP contribution in [0, 0.1) is 6.92 Å². The fourth-order valence-corrected chi connectivity index (χ4v) is 11.4. The zero-order valence-corrected chi connectivity index (χ0v) is 36.9. The van der Waals surface area contributed by atoms with E-state index in [1.54, 1.807) is 0 Å². The molecule has 9 aromatic carbocycles. The molecule has 2 nitrogen and oxygen atoms in total. The van der Waals surface area contributed by atoms with E-state index in [-0.39, 0.29) is 6.04 Å². The molecule has 0 N–H and O–H groups in total. The first-order valence-electron chi connectivity index (χ1n) is 23.6. The van der Waals surface area contributed by atoms with Crippen LogP contribution in [0.3, 0.4) is 0 Å². The third kappa shape index (κ3) is 6.87. The number of hydrogen-bond donors (Lipinski definition) is 0. The van der Waals surface area contributed by atoms with Crippen LogP contribution < -0.4 is 4.90 Å². The number of fused-ring (bicyclic) bond motifs is 5. The highest BCUT2D eigenvalue weighted by molar-refractivity contribution is 6.13. The van der Waals surface area contributed by atoms with Gasteiger partial charge in [0, 0.05) is 27.7 Å². The molecule has 1 fully saturated rings. The average Bonchev–Trinajstić information content (AvgIpc) is 3.76. The van der Waals surface area contributed by atoms with Gasteiger partial charge in [0.05, 0.1) is 6.04 Å². The monoisotopic (exact) mass is 837 g/mol. The summed E-state index contributed by atoms with van der Waals surface area (Å²) in [7, 11) is 0. The zero-order chi connectivity index (χ0) is 43.3. The Bertz CT molecular complexity index is 3470. The standard InChI is InChI=1S/C63H51NO/c1-42-39-40-55(62-48(42)30-17-32-50(62)44-21-6-3-7-22-44)53-28-9-12-36-58(53)64(47-26-14-25-46(41-47)51-33-18-38-60-63(51)56-29-10-13-37-59(56)65-60)57-35-11-8-27-52(57)54-34-16-24-45-23-15-31-49(61(45)54)43-19-4-2-5-20-43/h3,6-18,21-34,36-41,43,57H,2,4-5,19-20,35H2,1H3. The van der Waals surface area contributed by atoms with E-state index < -0.39 is 0 Å². The van der Waals surface area contributed by atoms with Crippen molar-refractivity contribution < 1.29 is 4.42 Å². The molecule has 10 aromatic rings. The smallest absolute Gasteiger partial charge is 0.136 e. The molecule has 1 unspecified atom stereocenters. The molecule has 1 atom stereocenters. The SMILES string of the molecule is Cc1ccc(-c2ccccc2N(c2cccc(-c3cccc4oc5ccccc5c34)c2)C2CC=CC=C2c2cccc3cccc(C4CCCCC4)c23)c2c(-c3ccccc3)cccc12. The molecule has 2 heteroatoms. The Morgan fingerprint density at radius 1 is 0.492 bits per heavy atom. The van der Waals surface area contributed by atoms with Gasteiger partial charge in [-0.25, -0.2) is 0 Å². The Kier molecular flexibility index (Phi) is 10.0. The molecule has 0 spiro atoms. The molecule has 0 aliphatic heterocycles. The van der Waals surface area contributed by atoms with Crippen LogP contribution in [0.5, 0.6) is 0 Å². The summed E-state index contributed by atoms with van der Waals surface area (Å²) in [5.74, 6) is 0.579. The second-order valence-corrected chi connectivity index (χ2v) is 18.1. The molecule has 1 aromatic heterocycles. The van der Waals surface area contributed by atoms with Crippen LogP contribution in [0.1, 0.15) is 61.1 Å². The van der Waals surface area contributed by atoms with Crippen LogP contribution in [0.25, 0.3) is 82.4 Å². The van der Waals surface area contributed by atoms with Crippen molar-refractivity contribution in [3.63, 3.8) is 0 Å². The lowest BCUT2D eigenvalue weighted by Gasteiger charge is -2.38. The van der Waals surface area contributed by atoms with Gasteiger partial charge in [-0.05, 0) is 134 Å². The molecule has 2 aliphatic rings. The second-order valence-electron chi connectivity index (χ2n) is 18.1. The molecule has 1 heterocycles. The molecule has 314 valence electrons. The molecule has 0 bridgehead atoms. The highest BCUT2D eigenvalue weighted by Crippen LogP contribution is 2.48. The van der Waals surface area contributed by atoms with Gasteiger partial charge < -0.3 is 9.32 Å². The van der Waals surface area contributed by atoms with Gasteiger partial charge in [0.15, 0.2) is 0 Å². The van der Waals surface area contributed by atoms with Crippen molar-refractivity contribution in [2.24, 2.45) is 0 Å². The van der Waals surface area contributed by atoms with Crippen LogP contribution in [0.15, 0.2) is 211 Å². The third-order valence-corrected chi connectivity index (χ3v) is 14.4. The van der Waals surface area contributed by atoms with Gasteiger partial charge in [0.25, 0.3) is 0 Å². The van der Waals surface area contributed by atoms with Crippen molar-refractivity contribution in [3.05, 3.63) is 223 Å². The number of rotatable bonds is 8. The van der Waals surface area contributed by atoms with Gasteiger partial charge >= 0.3 is 0 Å². The van der Waals surface area contributed by atoms with Gasteiger partial charge in [0.1, 0.15) is 11.2 Å². The highest BCUT2D eigenvalue weighted by Gasteiger charge is 2.31. The normalized spacial score (nSPS) is 15.5. The van der Waals surface area contributed by atoms with Crippen molar-refractivity contribution in [1.29, 1.82) is 0 Å². The third-order valence-electron chi connectivity index (χ3n) is 14.4. The van der Waals surface area contributed by atoms with Gasteiger partial charge in [-0.2, -0.15) is 0 Å². The number of hydrogen-bond acceptors (Lipinski definition) is 2. The number of allylic oxidation sites excluding steroid dienone is 2. The van der Waals surface area contributed by atoms with Crippen LogP contribution in [-0.2, 0) is 0 Å². The Labute approximate surface area is 381 Å². The van der Waals surface area contributed by atoms with E-state index in [2.05, 4.69) is 218 Å². The summed E-state index contributed by atoms with van der Waals surface area (Å²) < 4.78 is 6.43. The summed E-state index contributed by atoms with van der Waals surface area (Å²) in [5, 5.41) is 7.60. The summed E-state index contributed by atoms with van der Waals surface area (Å²) in [6.07, 6.45) is 14.4. The summed E-state index contributed by atoms with van der Waals surface area (Å²) in [6.45, 7) is 2.24. The van der Waals surface area contributed by atoms with Gasteiger partial charge in [-0.15, -0.1) is 0 Å². The minimum atomic E-state index is -0.00253. The summed E-state index contributed by atoms with van der Waals surface area (Å²) in [5.41, 5.74) is 16.9. The average molecular weight is 838 g/mol. The van der Waals surface area contributed by atoms with Crippen LogP contribution in [-0.4, -0.2) is 6.04 Å². The fourth-order valence-electron chi connectivity index (χ4n) is 11.4. The molecular formula is C63H51NO. The Morgan fingerprint density at radius 3 is 2.06 bits per heavy atom. The lowest BCUT2D eigenvalue weighted by atomic mass is 9.79. The van der Waals surface area contributed by atoms with Crippen LogP contribution in [0.2, 0.25) is 0 Å². The van der Waals surface area contributed by atoms with Crippen LogP contribution in [0.4, 0.5) is 11.4 Å². The quantitative estimate of drug-likeness (QED) is 0.152. The van der Waals surface area contributed by atoms with Gasteiger partial charge in [-0.1, -0.05) is 195 Å². The molecule has 0 saturated heterocycles. The molecule has 0 radical (unpaired) electrons. The number of anilines is 2. The highest BCUT2D eigenvalue weighted by atomic mass is 16.3. The molecular weight excluding hydrogens is 787 g/mol. The lowest BCUT2D eigenvalue weighted by Crippen LogP contribution is -2.33.